The Hall–Kier alpha value is -1.34. The summed E-state index contributed by atoms with van der Waals surface area (Å²) in [6.07, 6.45) is 1.27. The van der Waals surface area contributed by atoms with Gasteiger partial charge in [0.2, 0.25) is 0 Å². The minimum atomic E-state index is -1.47. The van der Waals surface area contributed by atoms with E-state index >= 15 is 0 Å². The number of methoxy groups -OCH3 is 1. The van der Waals surface area contributed by atoms with E-state index in [9.17, 15) is 14.7 Å². The van der Waals surface area contributed by atoms with Crippen molar-refractivity contribution >= 4 is 12.0 Å². The van der Waals surface area contributed by atoms with Crippen molar-refractivity contribution in [2.75, 3.05) is 20.3 Å². The first kappa shape index (κ1) is 17.7. The molecule has 0 bridgehead atoms. The number of aliphatic carboxylic acids is 1. The van der Waals surface area contributed by atoms with Gasteiger partial charge in [0.1, 0.15) is 0 Å². The molecule has 0 aliphatic heterocycles. The lowest BCUT2D eigenvalue weighted by atomic mass is 10.0. The molecule has 0 saturated heterocycles. The molecule has 0 aromatic carbocycles. The molecule has 0 aliphatic rings. The van der Waals surface area contributed by atoms with E-state index in [1.807, 2.05) is 6.92 Å². The van der Waals surface area contributed by atoms with Crippen molar-refractivity contribution in [2.24, 2.45) is 0 Å². The normalized spacial score (nSPS) is 15.4. The maximum absolute atomic E-state index is 11.6. The standard InChI is InChI=1S/C12H24N2O5/c1-4-5-9(7-19-3)14-11(17)13-8-12(2,18)6-10(15)16/h9,18H,4-8H2,1-3H3,(H,15,16)(H2,13,14,17). The van der Waals surface area contributed by atoms with Gasteiger partial charge >= 0.3 is 12.0 Å². The SMILES string of the molecule is CCCC(COC)NC(=O)NCC(C)(O)CC(=O)O. The Morgan fingerprint density at radius 1 is 1.42 bits per heavy atom. The number of rotatable bonds is 9. The van der Waals surface area contributed by atoms with Crippen LogP contribution in [0, 0.1) is 0 Å². The second-order valence-electron chi connectivity index (χ2n) is 4.84. The van der Waals surface area contributed by atoms with E-state index in [1.165, 1.54) is 6.92 Å². The minimum Gasteiger partial charge on any atom is -0.481 e. The van der Waals surface area contributed by atoms with Crippen LogP contribution in [0.15, 0.2) is 0 Å². The van der Waals surface area contributed by atoms with E-state index in [1.54, 1.807) is 7.11 Å². The van der Waals surface area contributed by atoms with Gasteiger partial charge in [-0.25, -0.2) is 4.79 Å². The zero-order valence-corrected chi connectivity index (χ0v) is 11.7. The number of ether oxygens (including phenoxy) is 1. The second kappa shape index (κ2) is 8.71. The average molecular weight is 276 g/mol. The summed E-state index contributed by atoms with van der Waals surface area (Å²) < 4.78 is 4.99. The topological polar surface area (TPSA) is 108 Å². The van der Waals surface area contributed by atoms with Gasteiger partial charge in [0, 0.05) is 13.7 Å². The molecule has 7 nitrogen and oxygen atoms in total. The lowest BCUT2D eigenvalue weighted by Crippen LogP contribution is -2.49. The van der Waals surface area contributed by atoms with E-state index in [0.717, 1.165) is 12.8 Å². The molecule has 0 spiro atoms. The smallest absolute Gasteiger partial charge is 0.315 e. The van der Waals surface area contributed by atoms with Crippen molar-refractivity contribution in [3.05, 3.63) is 0 Å². The first-order valence-corrected chi connectivity index (χ1v) is 6.28. The third-order valence-corrected chi connectivity index (χ3v) is 2.50. The van der Waals surface area contributed by atoms with Crippen LogP contribution in [0.25, 0.3) is 0 Å². The molecule has 0 rings (SSSR count). The van der Waals surface area contributed by atoms with Gasteiger partial charge in [0.25, 0.3) is 0 Å². The van der Waals surface area contributed by atoms with Crippen LogP contribution < -0.4 is 10.6 Å². The van der Waals surface area contributed by atoms with Crippen LogP contribution in [0.1, 0.15) is 33.1 Å². The number of aliphatic hydroxyl groups is 1. The summed E-state index contributed by atoms with van der Waals surface area (Å²) in [6, 6.07) is -0.541. The molecule has 0 aliphatic carbocycles. The third kappa shape index (κ3) is 9.26. The molecule has 0 fully saturated rings. The number of hydrogen-bond donors (Lipinski definition) is 4. The van der Waals surface area contributed by atoms with Gasteiger partial charge in [0.15, 0.2) is 0 Å². The molecule has 2 atom stereocenters. The minimum absolute atomic E-state index is 0.0978. The Morgan fingerprint density at radius 2 is 2.05 bits per heavy atom. The monoisotopic (exact) mass is 276 g/mol. The zero-order chi connectivity index (χ0) is 14.9. The van der Waals surface area contributed by atoms with Gasteiger partial charge in [-0.05, 0) is 13.3 Å². The van der Waals surface area contributed by atoms with Crippen molar-refractivity contribution in [1.82, 2.24) is 10.6 Å². The van der Waals surface area contributed by atoms with Crippen molar-refractivity contribution < 1.29 is 24.5 Å². The highest BCUT2D eigenvalue weighted by atomic mass is 16.5. The van der Waals surface area contributed by atoms with Crippen LogP contribution >= 0.6 is 0 Å². The van der Waals surface area contributed by atoms with Gasteiger partial charge in [-0.3, -0.25) is 4.79 Å². The Morgan fingerprint density at radius 3 is 2.53 bits per heavy atom. The summed E-state index contributed by atoms with van der Waals surface area (Å²) in [5.41, 5.74) is -1.47. The molecular formula is C12H24N2O5. The molecule has 0 aromatic heterocycles. The predicted octanol–water partition coefficient (Wildman–Crippen LogP) is 0.326. The molecule has 0 saturated carbocycles. The highest BCUT2D eigenvalue weighted by Crippen LogP contribution is 2.07. The Balaban J connectivity index is 4.11. The predicted molar refractivity (Wildman–Crippen MR) is 70.0 cm³/mol. The fourth-order valence-corrected chi connectivity index (χ4v) is 1.64. The third-order valence-electron chi connectivity index (χ3n) is 2.50. The number of carbonyl (C=O) groups excluding carboxylic acids is 1. The van der Waals surface area contributed by atoms with Crippen LogP contribution in [0.4, 0.5) is 4.79 Å². The molecule has 2 unspecified atom stereocenters. The summed E-state index contributed by atoms with van der Waals surface area (Å²) in [5.74, 6) is -1.12. The van der Waals surface area contributed by atoms with Crippen molar-refractivity contribution in [1.29, 1.82) is 0 Å². The van der Waals surface area contributed by atoms with Gasteiger partial charge in [-0.1, -0.05) is 13.3 Å². The summed E-state index contributed by atoms with van der Waals surface area (Å²) in [6.45, 7) is 3.64. The number of urea groups is 1. The molecule has 0 aromatic rings. The maximum atomic E-state index is 11.6. The van der Waals surface area contributed by atoms with E-state index in [4.69, 9.17) is 9.84 Å². The first-order valence-electron chi connectivity index (χ1n) is 6.28. The lowest BCUT2D eigenvalue weighted by molar-refractivity contribution is -0.141. The van der Waals surface area contributed by atoms with E-state index in [2.05, 4.69) is 10.6 Å². The number of carboxylic acid groups (broad SMARTS) is 1. The van der Waals surface area contributed by atoms with Crippen LogP contribution in [0.5, 0.6) is 0 Å². The van der Waals surface area contributed by atoms with E-state index in [0.29, 0.717) is 6.61 Å². The Bertz CT molecular complexity index is 288. The molecular weight excluding hydrogens is 252 g/mol. The first-order chi connectivity index (χ1) is 8.80. The van der Waals surface area contributed by atoms with Gasteiger partial charge in [-0.15, -0.1) is 0 Å². The molecule has 0 heterocycles. The maximum Gasteiger partial charge on any atom is 0.315 e. The largest absolute Gasteiger partial charge is 0.481 e. The van der Waals surface area contributed by atoms with Gasteiger partial charge in [-0.2, -0.15) is 0 Å². The summed E-state index contributed by atoms with van der Waals surface area (Å²) in [7, 11) is 1.56. The highest BCUT2D eigenvalue weighted by molar-refractivity contribution is 5.74. The number of carboxylic acids is 1. The number of amides is 2. The van der Waals surface area contributed by atoms with Crippen LogP contribution in [-0.2, 0) is 9.53 Å². The fraction of sp³-hybridized carbons (Fsp3) is 0.833. The Labute approximate surface area is 113 Å². The molecule has 4 N–H and O–H groups in total. The van der Waals surface area contributed by atoms with Crippen molar-refractivity contribution in [3.8, 4) is 0 Å². The lowest BCUT2D eigenvalue weighted by Gasteiger charge is -2.23. The number of nitrogens with one attached hydrogen (secondary N) is 2. The summed E-state index contributed by atoms with van der Waals surface area (Å²) >= 11 is 0. The molecule has 19 heavy (non-hydrogen) atoms. The molecule has 112 valence electrons. The summed E-state index contributed by atoms with van der Waals surface area (Å²) in [5, 5.41) is 23.5. The Kier molecular flexibility index (Phi) is 8.09. The van der Waals surface area contributed by atoms with Crippen molar-refractivity contribution in [3.63, 3.8) is 0 Å². The second-order valence-corrected chi connectivity index (χ2v) is 4.84. The number of carbonyl (C=O) groups is 2. The quantitative estimate of drug-likeness (QED) is 0.485. The van der Waals surface area contributed by atoms with E-state index in [-0.39, 0.29) is 12.6 Å². The van der Waals surface area contributed by atoms with Crippen LogP contribution in [0.3, 0.4) is 0 Å². The van der Waals surface area contributed by atoms with Gasteiger partial charge < -0.3 is 25.6 Å². The van der Waals surface area contributed by atoms with Crippen LogP contribution in [-0.4, -0.2) is 54.1 Å². The zero-order valence-electron chi connectivity index (χ0n) is 11.7. The fourth-order valence-electron chi connectivity index (χ4n) is 1.64. The number of hydrogen-bond acceptors (Lipinski definition) is 4. The van der Waals surface area contributed by atoms with Crippen LogP contribution in [0.2, 0.25) is 0 Å². The van der Waals surface area contributed by atoms with E-state index < -0.39 is 24.0 Å². The van der Waals surface area contributed by atoms with Crippen molar-refractivity contribution in [2.45, 2.75) is 44.8 Å². The molecule has 2 amide bonds. The summed E-state index contributed by atoms with van der Waals surface area (Å²) in [4.78, 5) is 22.1. The molecule has 7 heteroatoms. The van der Waals surface area contributed by atoms with Gasteiger partial charge in [0.05, 0.1) is 24.7 Å². The molecule has 0 radical (unpaired) electrons. The average Bonchev–Trinajstić information content (AvgIpc) is 2.25. The highest BCUT2D eigenvalue weighted by Gasteiger charge is 2.25.